The maximum atomic E-state index is 11.4. The van der Waals surface area contributed by atoms with E-state index in [1.807, 2.05) is 19.9 Å². The lowest BCUT2D eigenvalue weighted by Crippen LogP contribution is -2.28. The molecule has 0 heterocycles. The van der Waals surface area contributed by atoms with E-state index in [0.29, 0.717) is 0 Å². The smallest absolute Gasteiger partial charge is 0.348 e. The Hall–Kier alpha value is -2.47. The van der Waals surface area contributed by atoms with Crippen LogP contribution in [0.1, 0.15) is 20.8 Å². The van der Waals surface area contributed by atoms with Gasteiger partial charge < -0.3 is 15.8 Å². The van der Waals surface area contributed by atoms with Gasteiger partial charge in [0, 0.05) is 6.04 Å². The van der Waals surface area contributed by atoms with Gasteiger partial charge in [0.05, 0.1) is 12.2 Å². The highest BCUT2D eigenvalue weighted by Gasteiger charge is 2.12. The molecular weight excluding hydrogens is 232 g/mol. The Balaban J connectivity index is 5.27. The number of hydrogen-bond donors (Lipinski definition) is 2. The van der Waals surface area contributed by atoms with Crippen LogP contribution in [0.3, 0.4) is 0 Å². The van der Waals surface area contributed by atoms with Crippen LogP contribution in [0.5, 0.6) is 0 Å². The summed E-state index contributed by atoms with van der Waals surface area (Å²) in [5.74, 6) is -0.658. The van der Waals surface area contributed by atoms with Crippen molar-refractivity contribution in [1.29, 1.82) is 10.5 Å². The van der Waals surface area contributed by atoms with Crippen molar-refractivity contribution in [3.05, 3.63) is 23.0 Å². The van der Waals surface area contributed by atoms with Gasteiger partial charge in [-0.05, 0) is 26.8 Å². The van der Waals surface area contributed by atoms with E-state index < -0.39 is 5.97 Å². The number of carbonyl (C=O) groups is 1. The highest BCUT2D eigenvalue weighted by molar-refractivity contribution is 5.93. The quantitative estimate of drug-likeness (QED) is 0.320. The number of ether oxygens (including phenoxy) is 1. The number of hydrogen-bond acceptors (Lipinski definition) is 6. The summed E-state index contributed by atoms with van der Waals surface area (Å²) in [5, 5.41) is 20.6. The van der Waals surface area contributed by atoms with E-state index in [2.05, 4.69) is 10.1 Å². The van der Waals surface area contributed by atoms with Crippen LogP contribution in [-0.2, 0) is 9.53 Å². The number of nitrogens with two attached hydrogens (primary N) is 1. The van der Waals surface area contributed by atoms with Crippen LogP contribution in [-0.4, -0.2) is 18.6 Å². The maximum absolute atomic E-state index is 11.4. The maximum Gasteiger partial charge on any atom is 0.348 e. The first-order valence-corrected chi connectivity index (χ1v) is 5.41. The fourth-order valence-electron chi connectivity index (χ4n) is 1.05. The normalized spacial score (nSPS) is 12.2. The lowest BCUT2D eigenvalue weighted by atomic mass is 10.1. The summed E-state index contributed by atoms with van der Waals surface area (Å²) in [5.41, 5.74) is 5.41. The average Bonchev–Trinajstić information content (AvgIpc) is 2.29. The molecule has 0 atom stereocenters. The van der Waals surface area contributed by atoms with Gasteiger partial charge in [-0.1, -0.05) is 0 Å². The minimum absolute atomic E-state index is 0.0216. The Morgan fingerprint density at radius 1 is 1.44 bits per heavy atom. The van der Waals surface area contributed by atoms with Crippen LogP contribution in [0.15, 0.2) is 23.0 Å². The minimum atomic E-state index is -0.773. The zero-order valence-electron chi connectivity index (χ0n) is 10.7. The molecule has 0 aliphatic heterocycles. The SMILES string of the molecule is CCOC(=O)/C(C#N)=C/C(C#N)=C(\N)NC(C)C. The Labute approximate surface area is 106 Å². The first kappa shape index (κ1) is 15.5. The fourth-order valence-corrected chi connectivity index (χ4v) is 1.05. The van der Waals surface area contributed by atoms with Gasteiger partial charge >= 0.3 is 5.97 Å². The molecule has 0 aliphatic carbocycles. The molecule has 0 rings (SSSR count). The van der Waals surface area contributed by atoms with Gasteiger partial charge in [-0.25, -0.2) is 4.79 Å². The summed E-state index contributed by atoms with van der Waals surface area (Å²) in [6, 6.07) is 3.54. The Morgan fingerprint density at radius 3 is 2.44 bits per heavy atom. The van der Waals surface area contributed by atoms with E-state index >= 15 is 0 Å². The second kappa shape index (κ2) is 7.75. The lowest BCUT2D eigenvalue weighted by Gasteiger charge is -2.10. The molecule has 18 heavy (non-hydrogen) atoms. The molecule has 0 bridgehead atoms. The van der Waals surface area contributed by atoms with Gasteiger partial charge in [0.15, 0.2) is 0 Å². The van der Waals surface area contributed by atoms with Crippen molar-refractivity contribution in [1.82, 2.24) is 5.32 Å². The van der Waals surface area contributed by atoms with Crippen molar-refractivity contribution in [2.45, 2.75) is 26.8 Å². The number of nitrogens with zero attached hydrogens (tertiary/aromatic N) is 2. The minimum Gasteiger partial charge on any atom is -0.462 e. The van der Waals surface area contributed by atoms with Crippen molar-refractivity contribution in [2.24, 2.45) is 5.73 Å². The zero-order chi connectivity index (χ0) is 14.1. The molecule has 0 aliphatic rings. The van der Waals surface area contributed by atoms with Crippen LogP contribution in [0.2, 0.25) is 0 Å². The summed E-state index contributed by atoms with van der Waals surface area (Å²) in [7, 11) is 0. The third-order valence-electron chi connectivity index (χ3n) is 1.76. The molecule has 0 aromatic carbocycles. The molecule has 0 aromatic rings. The van der Waals surface area contributed by atoms with Crippen molar-refractivity contribution < 1.29 is 9.53 Å². The molecule has 3 N–H and O–H groups in total. The summed E-state index contributed by atoms with van der Waals surface area (Å²) in [6.07, 6.45) is 1.11. The van der Waals surface area contributed by atoms with Crippen molar-refractivity contribution in [2.75, 3.05) is 6.61 Å². The largest absolute Gasteiger partial charge is 0.462 e. The number of rotatable bonds is 5. The second-order valence-corrected chi connectivity index (χ2v) is 3.63. The topological polar surface area (TPSA) is 112 Å². The number of esters is 1. The van der Waals surface area contributed by atoms with Gasteiger partial charge in [0.2, 0.25) is 0 Å². The number of nitriles is 2. The first-order valence-electron chi connectivity index (χ1n) is 5.41. The summed E-state index contributed by atoms with van der Waals surface area (Å²) in [6.45, 7) is 5.48. The molecule has 0 amide bonds. The van der Waals surface area contributed by atoms with E-state index in [1.54, 1.807) is 13.0 Å². The van der Waals surface area contributed by atoms with Crippen LogP contribution in [0.25, 0.3) is 0 Å². The molecule has 6 nitrogen and oxygen atoms in total. The van der Waals surface area contributed by atoms with Gasteiger partial charge in [0.25, 0.3) is 0 Å². The van der Waals surface area contributed by atoms with Crippen LogP contribution in [0, 0.1) is 22.7 Å². The Morgan fingerprint density at radius 2 is 2.06 bits per heavy atom. The van der Waals surface area contributed by atoms with E-state index in [-0.39, 0.29) is 29.6 Å². The average molecular weight is 248 g/mol. The van der Waals surface area contributed by atoms with Crippen molar-refractivity contribution in [3.63, 3.8) is 0 Å². The number of carbonyl (C=O) groups excluding carboxylic acids is 1. The molecule has 0 radical (unpaired) electrons. The van der Waals surface area contributed by atoms with Gasteiger partial charge in [-0.15, -0.1) is 0 Å². The fraction of sp³-hybridized carbons (Fsp3) is 0.417. The van der Waals surface area contributed by atoms with Crippen molar-refractivity contribution in [3.8, 4) is 12.1 Å². The first-order chi connectivity index (χ1) is 8.46. The third-order valence-corrected chi connectivity index (χ3v) is 1.76. The molecule has 96 valence electrons. The molecule has 0 saturated carbocycles. The van der Waals surface area contributed by atoms with Crippen LogP contribution < -0.4 is 11.1 Å². The second-order valence-electron chi connectivity index (χ2n) is 3.63. The van der Waals surface area contributed by atoms with Crippen LogP contribution in [0.4, 0.5) is 0 Å². The summed E-state index contributed by atoms with van der Waals surface area (Å²) >= 11 is 0. The predicted molar refractivity (Wildman–Crippen MR) is 65.4 cm³/mol. The van der Waals surface area contributed by atoms with Gasteiger partial charge in [0.1, 0.15) is 23.5 Å². The lowest BCUT2D eigenvalue weighted by molar-refractivity contribution is -0.138. The number of nitrogens with one attached hydrogen (secondary N) is 1. The van der Waals surface area contributed by atoms with Crippen molar-refractivity contribution >= 4 is 5.97 Å². The molecular formula is C12H16N4O2. The Kier molecular flexibility index (Phi) is 6.68. The molecule has 0 fully saturated rings. The zero-order valence-corrected chi connectivity index (χ0v) is 10.7. The summed E-state index contributed by atoms with van der Waals surface area (Å²) < 4.78 is 4.68. The molecule has 0 unspecified atom stereocenters. The highest BCUT2D eigenvalue weighted by Crippen LogP contribution is 2.05. The van der Waals surface area contributed by atoms with E-state index in [4.69, 9.17) is 16.3 Å². The monoisotopic (exact) mass is 248 g/mol. The van der Waals surface area contributed by atoms with E-state index in [9.17, 15) is 4.79 Å². The van der Waals surface area contributed by atoms with E-state index in [0.717, 1.165) is 6.08 Å². The van der Waals surface area contributed by atoms with Crippen LogP contribution >= 0.6 is 0 Å². The molecule has 0 aromatic heterocycles. The Bertz CT molecular complexity index is 450. The number of allylic oxidation sites excluding steroid dienone is 2. The standard InChI is InChI=1S/C12H16N4O2/c1-4-18-12(17)10(7-14)5-9(6-13)11(15)16-8(2)3/h5,8,16H,4,15H2,1-3H3/b10-5+,11-9-. The van der Waals surface area contributed by atoms with E-state index in [1.165, 1.54) is 0 Å². The third kappa shape index (κ3) is 5.04. The summed E-state index contributed by atoms with van der Waals surface area (Å²) in [4.78, 5) is 11.4. The highest BCUT2D eigenvalue weighted by atomic mass is 16.5. The van der Waals surface area contributed by atoms with Gasteiger partial charge in [-0.3, -0.25) is 0 Å². The molecule has 0 spiro atoms. The van der Waals surface area contributed by atoms with Gasteiger partial charge in [-0.2, -0.15) is 10.5 Å². The molecule has 0 saturated heterocycles. The molecule has 6 heteroatoms. The predicted octanol–water partition coefficient (Wildman–Crippen LogP) is 0.691.